The van der Waals surface area contributed by atoms with Crippen molar-refractivity contribution in [1.29, 1.82) is 0 Å². The maximum absolute atomic E-state index is 13.0. The van der Waals surface area contributed by atoms with Gasteiger partial charge in [0, 0.05) is 13.0 Å². The number of ether oxygens (including phenoxy) is 2. The molecule has 2 aromatic carbocycles. The fourth-order valence-corrected chi connectivity index (χ4v) is 3.02. The van der Waals surface area contributed by atoms with Gasteiger partial charge in [0.25, 0.3) is 0 Å². The number of hydrogen-bond donors (Lipinski definition) is 1. The summed E-state index contributed by atoms with van der Waals surface area (Å²) in [6.45, 7) is 2.94. The van der Waals surface area contributed by atoms with Gasteiger partial charge in [-0.25, -0.2) is 4.39 Å². The lowest BCUT2D eigenvalue weighted by Crippen LogP contribution is -2.22. The van der Waals surface area contributed by atoms with Crippen molar-refractivity contribution in [2.45, 2.75) is 44.5 Å². The molecule has 142 valence electrons. The van der Waals surface area contributed by atoms with Crippen LogP contribution < -0.4 is 0 Å². The molecule has 1 aliphatic rings. The van der Waals surface area contributed by atoms with Crippen LogP contribution in [0.1, 0.15) is 38.2 Å². The Hall–Kier alpha value is -2.19. The minimum absolute atomic E-state index is 0.111. The lowest BCUT2D eigenvalue weighted by molar-refractivity contribution is -0.161. The van der Waals surface area contributed by atoms with Gasteiger partial charge in [-0.2, -0.15) is 0 Å². The molecule has 0 spiro atoms. The largest absolute Gasteiger partial charge is 0.374 e. The summed E-state index contributed by atoms with van der Waals surface area (Å²) in [5.74, 6) is 5.65. The molecule has 3 rings (SSSR count). The quantitative estimate of drug-likeness (QED) is 0.617. The van der Waals surface area contributed by atoms with Crippen LogP contribution in [0.2, 0.25) is 0 Å². The van der Waals surface area contributed by atoms with Crippen LogP contribution in [0, 0.1) is 17.7 Å². The highest BCUT2D eigenvalue weighted by Gasteiger charge is 2.20. The van der Waals surface area contributed by atoms with Gasteiger partial charge in [0.05, 0.1) is 6.61 Å². The van der Waals surface area contributed by atoms with Crippen LogP contribution >= 0.6 is 0 Å². The van der Waals surface area contributed by atoms with Crippen molar-refractivity contribution in [2.75, 3.05) is 13.2 Å². The molecular formula is C23H25FO3. The van der Waals surface area contributed by atoms with Crippen LogP contribution in [0.25, 0.3) is 11.1 Å². The number of benzene rings is 2. The molecule has 0 aliphatic carbocycles. The van der Waals surface area contributed by atoms with Crippen LogP contribution in [0.4, 0.5) is 4.39 Å². The Morgan fingerprint density at radius 2 is 1.78 bits per heavy atom. The molecule has 1 fully saturated rings. The molecule has 1 saturated heterocycles. The van der Waals surface area contributed by atoms with E-state index in [-0.39, 0.29) is 12.1 Å². The van der Waals surface area contributed by atoms with E-state index in [0.717, 1.165) is 42.6 Å². The molecule has 1 N–H and O–H groups in total. The molecule has 3 nitrogen and oxygen atoms in total. The fraction of sp³-hybridized carbons (Fsp3) is 0.391. The molecule has 1 aliphatic heterocycles. The van der Waals surface area contributed by atoms with E-state index in [1.807, 2.05) is 24.3 Å². The summed E-state index contributed by atoms with van der Waals surface area (Å²) in [6.07, 6.45) is 3.61. The Labute approximate surface area is 160 Å². The Morgan fingerprint density at radius 1 is 1.11 bits per heavy atom. The van der Waals surface area contributed by atoms with Crippen LogP contribution in [0.5, 0.6) is 0 Å². The predicted octanol–water partition coefficient (Wildman–Crippen LogP) is 4.64. The van der Waals surface area contributed by atoms with E-state index in [1.54, 1.807) is 19.1 Å². The van der Waals surface area contributed by atoms with Crippen molar-refractivity contribution in [3.63, 3.8) is 0 Å². The summed E-state index contributed by atoms with van der Waals surface area (Å²) < 4.78 is 24.2. The minimum atomic E-state index is -1.23. The maximum atomic E-state index is 13.0. The Morgan fingerprint density at radius 3 is 2.41 bits per heavy atom. The van der Waals surface area contributed by atoms with Gasteiger partial charge in [-0.15, -0.1) is 0 Å². The fourth-order valence-electron chi connectivity index (χ4n) is 3.02. The molecule has 0 saturated carbocycles. The van der Waals surface area contributed by atoms with Crippen molar-refractivity contribution in [3.8, 4) is 23.0 Å². The van der Waals surface area contributed by atoms with Crippen molar-refractivity contribution in [2.24, 2.45) is 0 Å². The van der Waals surface area contributed by atoms with E-state index >= 15 is 0 Å². The van der Waals surface area contributed by atoms with Crippen LogP contribution in [-0.4, -0.2) is 24.6 Å². The van der Waals surface area contributed by atoms with Crippen LogP contribution in [-0.2, 0) is 15.1 Å². The maximum Gasteiger partial charge on any atom is 0.157 e. The average Bonchev–Trinajstić information content (AvgIpc) is 2.69. The van der Waals surface area contributed by atoms with Gasteiger partial charge >= 0.3 is 0 Å². The van der Waals surface area contributed by atoms with Crippen molar-refractivity contribution in [3.05, 3.63) is 59.9 Å². The Balaban J connectivity index is 1.55. The summed E-state index contributed by atoms with van der Waals surface area (Å²) in [5.41, 5.74) is 1.37. The van der Waals surface area contributed by atoms with Gasteiger partial charge in [-0.05, 0) is 55.0 Å². The third-order valence-electron chi connectivity index (χ3n) is 4.63. The number of aliphatic hydroxyl groups is 1. The van der Waals surface area contributed by atoms with E-state index < -0.39 is 5.60 Å². The molecule has 0 radical (unpaired) electrons. The molecule has 27 heavy (non-hydrogen) atoms. The second-order valence-electron chi connectivity index (χ2n) is 6.88. The van der Waals surface area contributed by atoms with E-state index in [9.17, 15) is 9.50 Å². The Bertz CT molecular complexity index is 779. The van der Waals surface area contributed by atoms with Gasteiger partial charge in [0.15, 0.2) is 6.29 Å². The normalized spacial score (nSPS) is 19.0. The third-order valence-corrected chi connectivity index (χ3v) is 4.63. The summed E-state index contributed by atoms with van der Waals surface area (Å²) in [7, 11) is 0. The first-order valence-electron chi connectivity index (χ1n) is 9.37. The summed E-state index contributed by atoms with van der Waals surface area (Å²) in [5, 5.41) is 10.6. The molecule has 2 unspecified atom stereocenters. The molecule has 0 aromatic heterocycles. The molecule has 0 bridgehead atoms. The second-order valence-corrected chi connectivity index (χ2v) is 6.88. The zero-order chi connectivity index (χ0) is 19.1. The van der Waals surface area contributed by atoms with E-state index in [2.05, 4.69) is 11.8 Å². The van der Waals surface area contributed by atoms with E-state index in [1.165, 1.54) is 12.1 Å². The zero-order valence-corrected chi connectivity index (χ0v) is 15.6. The van der Waals surface area contributed by atoms with E-state index in [4.69, 9.17) is 9.47 Å². The van der Waals surface area contributed by atoms with Crippen molar-refractivity contribution in [1.82, 2.24) is 0 Å². The summed E-state index contributed by atoms with van der Waals surface area (Å²) >= 11 is 0. The molecular weight excluding hydrogens is 343 g/mol. The lowest BCUT2D eigenvalue weighted by atomic mass is 9.94. The number of hydrogen-bond acceptors (Lipinski definition) is 3. The molecule has 2 aromatic rings. The Kier molecular flexibility index (Phi) is 6.63. The van der Waals surface area contributed by atoms with Crippen LogP contribution in [0.15, 0.2) is 48.5 Å². The van der Waals surface area contributed by atoms with Gasteiger partial charge in [-0.1, -0.05) is 48.2 Å². The second kappa shape index (κ2) is 9.14. The third kappa shape index (κ3) is 5.64. The standard InChI is InChI=1S/C23H25FO3/c1-23(25,15-3-5-17-27-22-6-2-4-16-26-22)20-11-7-18(8-12-20)19-9-13-21(24)14-10-19/h7-14,22,25H,2,4-6,16-17H2,1H3. The van der Waals surface area contributed by atoms with Gasteiger partial charge < -0.3 is 14.6 Å². The highest BCUT2D eigenvalue weighted by Crippen LogP contribution is 2.25. The van der Waals surface area contributed by atoms with Gasteiger partial charge in [0.2, 0.25) is 0 Å². The lowest BCUT2D eigenvalue weighted by Gasteiger charge is -2.22. The first kappa shape index (κ1) is 19.6. The predicted molar refractivity (Wildman–Crippen MR) is 103 cm³/mol. The molecule has 1 heterocycles. The average molecular weight is 368 g/mol. The summed E-state index contributed by atoms with van der Waals surface area (Å²) in [6, 6.07) is 13.8. The first-order valence-corrected chi connectivity index (χ1v) is 9.37. The topological polar surface area (TPSA) is 38.7 Å². The SMILES string of the molecule is CC(O)(C#CCCOC1CCCCO1)c1ccc(-c2ccc(F)cc2)cc1. The number of rotatable bonds is 5. The highest BCUT2D eigenvalue weighted by molar-refractivity contribution is 5.63. The number of halogens is 1. The first-order chi connectivity index (χ1) is 13.0. The minimum Gasteiger partial charge on any atom is -0.374 e. The van der Waals surface area contributed by atoms with Gasteiger partial charge in [0.1, 0.15) is 11.4 Å². The highest BCUT2D eigenvalue weighted by atomic mass is 19.1. The molecule has 0 amide bonds. The van der Waals surface area contributed by atoms with Crippen LogP contribution in [0.3, 0.4) is 0 Å². The molecule has 2 atom stereocenters. The van der Waals surface area contributed by atoms with Crippen molar-refractivity contribution >= 4 is 0 Å². The molecule has 4 heteroatoms. The summed E-state index contributed by atoms with van der Waals surface area (Å²) in [4.78, 5) is 0. The smallest absolute Gasteiger partial charge is 0.157 e. The van der Waals surface area contributed by atoms with Gasteiger partial charge in [-0.3, -0.25) is 0 Å². The van der Waals surface area contributed by atoms with Crippen molar-refractivity contribution < 1.29 is 19.0 Å². The monoisotopic (exact) mass is 368 g/mol. The van der Waals surface area contributed by atoms with E-state index in [0.29, 0.717) is 13.0 Å². The zero-order valence-electron chi connectivity index (χ0n) is 15.6.